The van der Waals surface area contributed by atoms with Crippen LogP contribution in [-0.4, -0.2) is 32.2 Å². The molecule has 2 N–H and O–H groups in total. The monoisotopic (exact) mass is 284 g/mol. The molecule has 1 rings (SSSR count). The molecule has 0 radical (unpaired) electrons. The molecule has 0 heterocycles. The van der Waals surface area contributed by atoms with Crippen molar-refractivity contribution in [2.24, 2.45) is 5.92 Å². The number of rotatable bonds is 7. The lowest BCUT2D eigenvalue weighted by molar-refractivity contribution is -0.115. The average molecular weight is 285 g/mol. The zero-order valence-corrected chi connectivity index (χ0v) is 12.3. The molecular weight excluding hydrogens is 264 g/mol. The molecule has 19 heavy (non-hydrogen) atoms. The molecule has 0 fully saturated rings. The Bertz CT molecular complexity index is 410. The Morgan fingerprint density at radius 1 is 1.37 bits per heavy atom. The lowest BCUT2D eigenvalue weighted by atomic mass is 10.1. The van der Waals surface area contributed by atoms with E-state index in [1.807, 2.05) is 12.1 Å². The van der Waals surface area contributed by atoms with Gasteiger partial charge in [-0.05, 0) is 18.1 Å². The second-order valence-corrected chi connectivity index (χ2v) is 5.12. The van der Waals surface area contributed by atoms with Crippen LogP contribution in [-0.2, 0) is 9.53 Å². The van der Waals surface area contributed by atoms with E-state index in [0.29, 0.717) is 23.2 Å². The van der Waals surface area contributed by atoms with Gasteiger partial charge >= 0.3 is 0 Å². The minimum atomic E-state index is -0.116. The van der Waals surface area contributed by atoms with Crippen molar-refractivity contribution in [2.45, 2.75) is 19.9 Å². The van der Waals surface area contributed by atoms with Gasteiger partial charge in [0.05, 0.1) is 23.9 Å². The van der Waals surface area contributed by atoms with Crippen LogP contribution in [0, 0.1) is 5.92 Å². The summed E-state index contributed by atoms with van der Waals surface area (Å²) in [6.07, 6.45) is 0. The van der Waals surface area contributed by atoms with Gasteiger partial charge in [-0.15, -0.1) is 0 Å². The van der Waals surface area contributed by atoms with Crippen molar-refractivity contribution in [3.8, 4) is 0 Å². The van der Waals surface area contributed by atoms with E-state index in [1.165, 1.54) is 0 Å². The van der Waals surface area contributed by atoms with Crippen molar-refractivity contribution >= 4 is 23.2 Å². The molecule has 1 unspecified atom stereocenters. The van der Waals surface area contributed by atoms with E-state index in [9.17, 15) is 4.79 Å². The molecule has 0 saturated heterocycles. The number of anilines is 1. The number of carbonyl (C=O) groups excluding carboxylic acids is 1. The number of ether oxygens (including phenoxy) is 1. The first-order valence-electron chi connectivity index (χ1n) is 6.31. The molecule has 5 heteroatoms. The van der Waals surface area contributed by atoms with Crippen LogP contribution >= 0.6 is 11.6 Å². The molecule has 0 aromatic heterocycles. The molecule has 106 valence electrons. The SMILES string of the molecule is COCC(NCC(=O)Nc1ccccc1Cl)C(C)C. The van der Waals surface area contributed by atoms with Crippen LogP contribution in [0.1, 0.15) is 13.8 Å². The van der Waals surface area contributed by atoms with Crippen molar-refractivity contribution in [1.29, 1.82) is 0 Å². The Hall–Kier alpha value is -1.10. The van der Waals surface area contributed by atoms with Gasteiger partial charge in [-0.3, -0.25) is 4.79 Å². The first-order chi connectivity index (χ1) is 9.04. The Morgan fingerprint density at radius 3 is 2.63 bits per heavy atom. The van der Waals surface area contributed by atoms with Crippen molar-refractivity contribution in [1.82, 2.24) is 5.32 Å². The first kappa shape index (κ1) is 16.0. The summed E-state index contributed by atoms with van der Waals surface area (Å²) in [6, 6.07) is 7.32. The summed E-state index contributed by atoms with van der Waals surface area (Å²) in [7, 11) is 1.65. The van der Waals surface area contributed by atoms with E-state index in [-0.39, 0.29) is 18.5 Å². The first-order valence-corrected chi connectivity index (χ1v) is 6.69. The van der Waals surface area contributed by atoms with E-state index in [1.54, 1.807) is 19.2 Å². The predicted molar refractivity (Wildman–Crippen MR) is 78.6 cm³/mol. The second kappa shape index (κ2) is 8.15. The van der Waals surface area contributed by atoms with Crippen molar-refractivity contribution in [2.75, 3.05) is 25.6 Å². The minimum Gasteiger partial charge on any atom is -0.383 e. The summed E-state index contributed by atoms with van der Waals surface area (Å²) in [6.45, 7) is 4.99. The Kier molecular flexibility index (Phi) is 6.84. The van der Waals surface area contributed by atoms with Crippen LogP contribution in [0.25, 0.3) is 0 Å². The lowest BCUT2D eigenvalue weighted by Crippen LogP contribution is -2.42. The molecular formula is C14H21ClN2O2. The predicted octanol–water partition coefficient (Wildman–Crippen LogP) is 2.54. The zero-order valence-electron chi connectivity index (χ0n) is 11.6. The highest BCUT2D eigenvalue weighted by atomic mass is 35.5. The maximum absolute atomic E-state index is 11.8. The summed E-state index contributed by atoms with van der Waals surface area (Å²) >= 11 is 5.98. The van der Waals surface area contributed by atoms with Gasteiger partial charge in [-0.25, -0.2) is 0 Å². The number of amides is 1. The number of para-hydroxylation sites is 1. The van der Waals surface area contributed by atoms with Crippen LogP contribution in [0.5, 0.6) is 0 Å². The molecule has 4 nitrogen and oxygen atoms in total. The number of hydrogen-bond acceptors (Lipinski definition) is 3. The fourth-order valence-electron chi connectivity index (χ4n) is 1.65. The number of halogens is 1. The largest absolute Gasteiger partial charge is 0.383 e. The van der Waals surface area contributed by atoms with Crippen LogP contribution in [0.2, 0.25) is 5.02 Å². The highest BCUT2D eigenvalue weighted by Crippen LogP contribution is 2.20. The average Bonchev–Trinajstić information content (AvgIpc) is 2.37. The standard InChI is InChI=1S/C14H21ClN2O2/c1-10(2)13(9-19-3)16-8-14(18)17-12-7-5-4-6-11(12)15/h4-7,10,13,16H,8-9H2,1-3H3,(H,17,18). The summed E-state index contributed by atoms with van der Waals surface area (Å²) in [5.74, 6) is 0.280. The number of nitrogens with one attached hydrogen (secondary N) is 2. The van der Waals surface area contributed by atoms with Crippen molar-refractivity contribution in [3.05, 3.63) is 29.3 Å². The van der Waals surface area contributed by atoms with Gasteiger partial charge in [0.25, 0.3) is 0 Å². The smallest absolute Gasteiger partial charge is 0.238 e. The maximum Gasteiger partial charge on any atom is 0.238 e. The van der Waals surface area contributed by atoms with E-state index < -0.39 is 0 Å². The Morgan fingerprint density at radius 2 is 2.05 bits per heavy atom. The summed E-state index contributed by atoms with van der Waals surface area (Å²) in [4.78, 5) is 11.8. The fourth-order valence-corrected chi connectivity index (χ4v) is 1.83. The molecule has 1 aromatic carbocycles. The van der Waals surface area contributed by atoms with Gasteiger partial charge in [0.1, 0.15) is 0 Å². The van der Waals surface area contributed by atoms with Gasteiger partial charge in [0.2, 0.25) is 5.91 Å². The molecule has 0 spiro atoms. The van der Waals surface area contributed by atoms with E-state index in [4.69, 9.17) is 16.3 Å². The van der Waals surface area contributed by atoms with E-state index >= 15 is 0 Å². The number of carbonyl (C=O) groups is 1. The maximum atomic E-state index is 11.8. The Balaban J connectivity index is 2.45. The van der Waals surface area contributed by atoms with Crippen molar-refractivity contribution < 1.29 is 9.53 Å². The molecule has 0 saturated carbocycles. The van der Waals surface area contributed by atoms with Gasteiger partial charge < -0.3 is 15.4 Å². The van der Waals surface area contributed by atoms with Crippen LogP contribution in [0.15, 0.2) is 24.3 Å². The summed E-state index contributed by atoms with van der Waals surface area (Å²) in [5.41, 5.74) is 0.629. The zero-order chi connectivity index (χ0) is 14.3. The van der Waals surface area contributed by atoms with Gasteiger partial charge in [-0.2, -0.15) is 0 Å². The second-order valence-electron chi connectivity index (χ2n) is 4.71. The summed E-state index contributed by atoms with van der Waals surface area (Å²) in [5, 5.41) is 6.49. The molecule has 1 amide bonds. The minimum absolute atomic E-state index is 0.116. The third kappa shape index (κ3) is 5.59. The molecule has 1 atom stereocenters. The quantitative estimate of drug-likeness (QED) is 0.809. The van der Waals surface area contributed by atoms with Gasteiger partial charge in [0.15, 0.2) is 0 Å². The number of benzene rings is 1. The molecule has 0 bridgehead atoms. The van der Waals surface area contributed by atoms with Crippen LogP contribution < -0.4 is 10.6 Å². The van der Waals surface area contributed by atoms with Gasteiger partial charge in [-0.1, -0.05) is 37.6 Å². The van der Waals surface area contributed by atoms with Crippen molar-refractivity contribution in [3.63, 3.8) is 0 Å². The third-order valence-corrected chi connectivity index (χ3v) is 3.15. The van der Waals surface area contributed by atoms with Crippen LogP contribution in [0.4, 0.5) is 5.69 Å². The Labute approximate surface area is 119 Å². The fraction of sp³-hybridized carbons (Fsp3) is 0.500. The van der Waals surface area contributed by atoms with E-state index in [2.05, 4.69) is 24.5 Å². The van der Waals surface area contributed by atoms with Gasteiger partial charge in [0, 0.05) is 13.2 Å². The lowest BCUT2D eigenvalue weighted by Gasteiger charge is -2.21. The summed E-state index contributed by atoms with van der Waals surface area (Å²) < 4.78 is 5.12. The third-order valence-electron chi connectivity index (χ3n) is 2.82. The molecule has 0 aliphatic heterocycles. The number of hydrogen-bond donors (Lipinski definition) is 2. The van der Waals surface area contributed by atoms with Crippen LogP contribution in [0.3, 0.4) is 0 Å². The highest BCUT2D eigenvalue weighted by Gasteiger charge is 2.14. The van der Waals surface area contributed by atoms with E-state index in [0.717, 1.165) is 0 Å². The normalized spacial score (nSPS) is 12.5. The number of methoxy groups -OCH3 is 1. The highest BCUT2D eigenvalue weighted by molar-refractivity contribution is 6.33. The molecule has 0 aliphatic rings. The topological polar surface area (TPSA) is 50.4 Å². The molecule has 1 aromatic rings. The molecule has 0 aliphatic carbocycles.